The predicted molar refractivity (Wildman–Crippen MR) is 126 cm³/mol. The fourth-order valence-corrected chi connectivity index (χ4v) is 3.18. The first-order chi connectivity index (χ1) is 15.1. The van der Waals surface area contributed by atoms with E-state index < -0.39 is 5.97 Å². The zero-order chi connectivity index (χ0) is 21.9. The zero-order valence-electron chi connectivity index (χ0n) is 17.5. The summed E-state index contributed by atoms with van der Waals surface area (Å²) in [5.74, 6) is 0.896. The highest BCUT2D eigenvalue weighted by Gasteiger charge is 2.08. The van der Waals surface area contributed by atoms with Gasteiger partial charge >= 0.3 is 5.97 Å². The summed E-state index contributed by atoms with van der Waals surface area (Å²) < 4.78 is 12.0. The van der Waals surface area contributed by atoms with Gasteiger partial charge in [0.25, 0.3) is 0 Å². The number of carbonyl (C=O) groups excluding carboxylic acids is 1. The summed E-state index contributed by atoms with van der Waals surface area (Å²) in [5.41, 5.74) is 1.83. The number of carbonyl (C=O) groups is 1. The third-order valence-corrected chi connectivity index (χ3v) is 4.99. The van der Waals surface area contributed by atoms with Gasteiger partial charge in [-0.3, -0.25) is 0 Å². The Bertz CT molecular complexity index is 1000. The Morgan fingerprint density at radius 2 is 1.52 bits per heavy atom. The summed E-state index contributed by atoms with van der Waals surface area (Å²) in [6.45, 7) is 2.93. The number of ether oxygens (including phenoxy) is 2. The van der Waals surface area contributed by atoms with Crippen LogP contribution < -0.4 is 9.47 Å². The maximum absolute atomic E-state index is 12.3. The quantitative estimate of drug-likeness (QED) is 0.127. The predicted octanol–water partition coefficient (Wildman–Crippen LogP) is 8.04. The summed E-state index contributed by atoms with van der Waals surface area (Å²) >= 11 is 3.36. The molecule has 0 saturated heterocycles. The number of unbranched alkanes of at least 4 members (excludes halogenated alkanes) is 3. The fraction of sp³-hybridized carbons (Fsp3) is 0.240. The van der Waals surface area contributed by atoms with Gasteiger partial charge in [-0.2, -0.15) is 10.2 Å². The molecule has 31 heavy (non-hydrogen) atoms. The van der Waals surface area contributed by atoms with Gasteiger partial charge < -0.3 is 9.47 Å². The Morgan fingerprint density at radius 3 is 2.16 bits per heavy atom. The minimum absolute atomic E-state index is 0.424. The molecule has 5 nitrogen and oxygen atoms in total. The Kier molecular flexibility index (Phi) is 8.79. The average molecular weight is 481 g/mol. The Hall–Kier alpha value is -2.99. The molecule has 0 atom stereocenters. The van der Waals surface area contributed by atoms with Crippen LogP contribution in [0.5, 0.6) is 11.5 Å². The molecule has 0 saturated carbocycles. The van der Waals surface area contributed by atoms with Crippen LogP contribution in [0.2, 0.25) is 0 Å². The van der Waals surface area contributed by atoms with E-state index in [2.05, 4.69) is 33.1 Å². The molecule has 0 heterocycles. The SMILES string of the molecule is CCCCCCOc1ccc(N=Nc2ccc(C(=O)Oc3cccc(Br)c3)cc2)cc1. The van der Waals surface area contributed by atoms with Gasteiger partial charge in [0.05, 0.1) is 23.5 Å². The second-order valence-corrected chi connectivity index (χ2v) is 7.91. The van der Waals surface area contributed by atoms with Gasteiger partial charge in [0.2, 0.25) is 0 Å². The monoisotopic (exact) mass is 480 g/mol. The third kappa shape index (κ3) is 7.64. The number of azo groups is 1. The van der Waals surface area contributed by atoms with Gasteiger partial charge in [-0.1, -0.05) is 48.2 Å². The van der Waals surface area contributed by atoms with Crippen LogP contribution in [0.1, 0.15) is 43.0 Å². The molecule has 0 N–H and O–H groups in total. The van der Waals surface area contributed by atoms with E-state index in [0.29, 0.717) is 17.0 Å². The van der Waals surface area contributed by atoms with E-state index in [1.165, 1.54) is 19.3 Å². The molecule has 6 heteroatoms. The molecule has 3 aromatic carbocycles. The molecule has 0 radical (unpaired) electrons. The smallest absolute Gasteiger partial charge is 0.343 e. The zero-order valence-corrected chi connectivity index (χ0v) is 19.0. The minimum atomic E-state index is -0.424. The van der Waals surface area contributed by atoms with Crippen LogP contribution in [0.3, 0.4) is 0 Å². The van der Waals surface area contributed by atoms with Crippen LogP contribution >= 0.6 is 15.9 Å². The van der Waals surface area contributed by atoms with Gasteiger partial charge in [0, 0.05) is 4.47 Å². The number of hydrogen-bond donors (Lipinski definition) is 0. The largest absolute Gasteiger partial charge is 0.494 e. The molecule has 160 valence electrons. The third-order valence-electron chi connectivity index (χ3n) is 4.49. The Balaban J connectivity index is 1.51. The van der Waals surface area contributed by atoms with E-state index >= 15 is 0 Å². The van der Waals surface area contributed by atoms with Crippen LogP contribution in [0.25, 0.3) is 0 Å². The van der Waals surface area contributed by atoms with Crippen molar-refractivity contribution in [2.24, 2.45) is 10.2 Å². The van der Waals surface area contributed by atoms with Gasteiger partial charge in [0.1, 0.15) is 11.5 Å². The first kappa shape index (κ1) is 22.7. The maximum Gasteiger partial charge on any atom is 0.343 e. The highest BCUT2D eigenvalue weighted by atomic mass is 79.9. The number of esters is 1. The van der Waals surface area contributed by atoms with Crippen molar-refractivity contribution in [1.82, 2.24) is 0 Å². The second kappa shape index (κ2) is 12.0. The van der Waals surface area contributed by atoms with Crippen molar-refractivity contribution in [2.75, 3.05) is 6.61 Å². The van der Waals surface area contributed by atoms with Gasteiger partial charge in [-0.05, 0) is 73.2 Å². The van der Waals surface area contributed by atoms with Crippen LogP contribution in [0.4, 0.5) is 11.4 Å². The molecule has 0 aliphatic rings. The van der Waals surface area contributed by atoms with Crippen molar-refractivity contribution in [3.63, 3.8) is 0 Å². The average Bonchev–Trinajstić information content (AvgIpc) is 2.79. The summed E-state index contributed by atoms with van der Waals surface area (Å²) in [4.78, 5) is 12.3. The van der Waals surface area contributed by atoms with Crippen LogP contribution in [0.15, 0.2) is 87.5 Å². The molecule has 0 aliphatic heterocycles. The summed E-state index contributed by atoms with van der Waals surface area (Å²) in [7, 11) is 0. The van der Waals surface area contributed by atoms with Crippen molar-refractivity contribution in [3.8, 4) is 11.5 Å². The standard InChI is InChI=1S/C25H25BrN2O3/c1-2-3-4-5-17-30-23-15-13-22(14-16-23)28-27-21-11-9-19(10-12-21)25(29)31-24-8-6-7-20(26)18-24/h6-16,18H,2-5,17H2,1H3. The lowest BCUT2D eigenvalue weighted by atomic mass is 10.2. The molecule has 0 amide bonds. The van der Waals surface area contributed by atoms with E-state index in [0.717, 1.165) is 28.9 Å². The number of nitrogens with zero attached hydrogens (tertiary/aromatic N) is 2. The van der Waals surface area contributed by atoms with E-state index in [9.17, 15) is 4.79 Å². The summed E-state index contributed by atoms with van der Waals surface area (Å²) in [5, 5.41) is 8.46. The molecule has 0 aliphatic carbocycles. The molecule has 3 rings (SSSR count). The number of benzene rings is 3. The second-order valence-electron chi connectivity index (χ2n) is 7.00. The van der Waals surface area contributed by atoms with Crippen molar-refractivity contribution < 1.29 is 14.3 Å². The molecule has 3 aromatic rings. The lowest BCUT2D eigenvalue weighted by molar-refractivity contribution is 0.0734. The topological polar surface area (TPSA) is 60.2 Å². The molecule has 0 bridgehead atoms. The van der Waals surface area contributed by atoms with Crippen molar-refractivity contribution in [2.45, 2.75) is 32.6 Å². The normalized spacial score (nSPS) is 10.9. The summed E-state index contributed by atoms with van der Waals surface area (Å²) in [6, 6.07) is 21.5. The van der Waals surface area contributed by atoms with Crippen molar-refractivity contribution in [3.05, 3.63) is 82.8 Å². The highest BCUT2D eigenvalue weighted by Crippen LogP contribution is 2.23. The summed E-state index contributed by atoms with van der Waals surface area (Å²) in [6.07, 6.45) is 4.74. The highest BCUT2D eigenvalue weighted by molar-refractivity contribution is 9.10. The maximum atomic E-state index is 12.3. The lowest BCUT2D eigenvalue weighted by Crippen LogP contribution is -2.07. The molecule has 0 fully saturated rings. The van der Waals surface area contributed by atoms with E-state index in [1.807, 2.05) is 36.4 Å². The Morgan fingerprint density at radius 1 is 0.839 bits per heavy atom. The number of hydrogen-bond acceptors (Lipinski definition) is 5. The van der Waals surface area contributed by atoms with E-state index in [-0.39, 0.29) is 0 Å². The van der Waals surface area contributed by atoms with Crippen molar-refractivity contribution in [1.29, 1.82) is 0 Å². The van der Waals surface area contributed by atoms with Crippen LogP contribution in [-0.2, 0) is 0 Å². The minimum Gasteiger partial charge on any atom is -0.494 e. The number of halogens is 1. The molecular formula is C25H25BrN2O3. The van der Waals surface area contributed by atoms with Crippen LogP contribution in [0, 0.1) is 0 Å². The lowest BCUT2D eigenvalue weighted by Gasteiger charge is -2.05. The first-order valence-corrected chi connectivity index (χ1v) is 11.2. The van der Waals surface area contributed by atoms with Gasteiger partial charge in [0.15, 0.2) is 0 Å². The Labute approximate surface area is 191 Å². The molecular weight excluding hydrogens is 456 g/mol. The molecule has 0 spiro atoms. The first-order valence-electron chi connectivity index (χ1n) is 10.4. The van der Waals surface area contributed by atoms with Gasteiger partial charge in [-0.15, -0.1) is 0 Å². The van der Waals surface area contributed by atoms with Gasteiger partial charge in [-0.25, -0.2) is 4.79 Å². The number of rotatable bonds is 10. The molecule has 0 unspecified atom stereocenters. The van der Waals surface area contributed by atoms with E-state index in [4.69, 9.17) is 9.47 Å². The van der Waals surface area contributed by atoms with Crippen molar-refractivity contribution >= 4 is 33.3 Å². The molecule has 0 aromatic heterocycles. The van der Waals surface area contributed by atoms with Crippen LogP contribution in [-0.4, -0.2) is 12.6 Å². The van der Waals surface area contributed by atoms with E-state index in [1.54, 1.807) is 36.4 Å². The fourth-order valence-electron chi connectivity index (χ4n) is 2.80.